The molecule has 3 aliphatic rings. The smallest absolute Gasteiger partial charge is 0.410 e. The molecule has 3 aromatic rings. The Morgan fingerprint density at radius 1 is 1.02 bits per heavy atom. The second-order valence-electron chi connectivity index (χ2n) is 15.0. The molecule has 1 saturated carbocycles. The Bertz CT molecular complexity index is 1620. The molecule has 9 nitrogen and oxygen atoms in total. The molecular formula is C38H52N4O5. The maximum atomic E-state index is 12.7. The molecule has 47 heavy (non-hydrogen) atoms. The molecule has 2 fully saturated rings. The Labute approximate surface area is 279 Å². The van der Waals surface area contributed by atoms with E-state index in [2.05, 4.69) is 52.6 Å². The first-order valence-corrected chi connectivity index (χ1v) is 17.4. The second kappa shape index (κ2) is 13.5. The van der Waals surface area contributed by atoms with E-state index in [1.807, 2.05) is 33.9 Å². The van der Waals surface area contributed by atoms with Crippen molar-refractivity contribution in [3.63, 3.8) is 0 Å². The maximum absolute atomic E-state index is 12.7. The van der Waals surface area contributed by atoms with Crippen LogP contribution in [0.2, 0.25) is 0 Å². The summed E-state index contributed by atoms with van der Waals surface area (Å²) in [4.78, 5) is 31.4. The number of carboxylic acids is 1. The molecule has 0 bridgehead atoms. The number of carbonyl (C=O) groups excluding carboxylic acids is 1. The molecule has 1 N–H and O–H groups in total. The summed E-state index contributed by atoms with van der Waals surface area (Å²) in [6.07, 6.45) is 6.67. The van der Waals surface area contributed by atoms with Gasteiger partial charge in [0.05, 0.1) is 17.3 Å². The quantitative estimate of drug-likeness (QED) is 0.297. The molecule has 0 radical (unpaired) electrons. The first-order valence-electron chi connectivity index (χ1n) is 17.4. The van der Waals surface area contributed by atoms with Crippen LogP contribution in [0.3, 0.4) is 0 Å². The number of nitrogens with zero attached hydrogens (tertiary/aromatic N) is 4. The van der Waals surface area contributed by atoms with Crippen molar-refractivity contribution in [2.75, 3.05) is 46.9 Å². The molecule has 1 aliphatic carbocycles. The van der Waals surface area contributed by atoms with Gasteiger partial charge in [0.2, 0.25) is 0 Å². The standard InChI is InChI=1S/C38H52N4O5/c1-25-11-10-14-32-33(25)35-34(26-12-8-7-9-13-26)30-16-15-27(36(43)44)21-31(30)42(35)23-29(24-46-32)39(5)19-20-41-18-17-28(22-41)40(6)37(45)47-38(2,3)4/h10-11,14-16,21,26,28-29H,7-9,12-13,17-20,22-24H2,1-6H3,(H,43,44)/t28?,29-/m1/s1. The summed E-state index contributed by atoms with van der Waals surface area (Å²) in [5, 5.41) is 11.2. The topological polar surface area (TPSA) is 87.5 Å². The number of ether oxygens (including phenoxy) is 2. The number of benzene rings is 2. The number of carbonyl (C=O) groups is 2. The highest BCUT2D eigenvalue weighted by Crippen LogP contribution is 2.48. The van der Waals surface area contributed by atoms with Crippen LogP contribution in [0, 0.1) is 6.92 Å². The Morgan fingerprint density at radius 2 is 1.79 bits per heavy atom. The van der Waals surface area contributed by atoms with Gasteiger partial charge >= 0.3 is 12.1 Å². The molecule has 3 heterocycles. The van der Waals surface area contributed by atoms with Crippen LogP contribution in [-0.2, 0) is 11.3 Å². The number of aromatic carboxylic acids is 1. The second-order valence-corrected chi connectivity index (χ2v) is 15.0. The summed E-state index contributed by atoms with van der Waals surface area (Å²) >= 11 is 0. The van der Waals surface area contributed by atoms with Crippen molar-refractivity contribution in [2.24, 2.45) is 0 Å². The van der Waals surface area contributed by atoms with Crippen LogP contribution in [-0.4, -0.2) is 101 Å². The average Bonchev–Trinajstić information content (AvgIpc) is 3.62. The predicted molar refractivity (Wildman–Crippen MR) is 186 cm³/mol. The first-order chi connectivity index (χ1) is 22.4. The minimum atomic E-state index is -0.901. The van der Waals surface area contributed by atoms with E-state index in [1.54, 1.807) is 11.0 Å². The van der Waals surface area contributed by atoms with E-state index in [4.69, 9.17) is 9.47 Å². The number of amides is 1. The molecule has 1 amide bonds. The fourth-order valence-electron chi connectivity index (χ4n) is 7.85. The third kappa shape index (κ3) is 7.02. The van der Waals surface area contributed by atoms with Crippen LogP contribution in [0.5, 0.6) is 5.75 Å². The third-order valence-electron chi connectivity index (χ3n) is 10.5. The highest BCUT2D eigenvalue weighted by atomic mass is 16.6. The highest BCUT2D eigenvalue weighted by molar-refractivity contribution is 5.99. The Morgan fingerprint density at radius 3 is 2.51 bits per heavy atom. The number of fused-ring (bicyclic) bond motifs is 5. The SMILES string of the molecule is Cc1cccc2c1-c1c(C3CCCCC3)c3ccc(C(=O)O)cc3n1C[C@@H](N(C)CCN1CCC(N(C)C(=O)OC(C)(C)C)C1)CO2. The summed E-state index contributed by atoms with van der Waals surface area (Å²) in [6.45, 7) is 12.6. The van der Waals surface area contributed by atoms with Gasteiger partial charge in [-0.2, -0.15) is 0 Å². The van der Waals surface area contributed by atoms with Gasteiger partial charge in [-0.1, -0.05) is 37.5 Å². The van der Waals surface area contributed by atoms with Gasteiger partial charge in [-0.25, -0.2) is 9.59 Å². The number of aryl methyl sites for hydroxylation is 1. The number of aromatic nitrogens is 1. The van der Waals surface area contributed by atoms with Gasteiger partial charge < -0.3 is 24.0 Å². The number of likely N-dealkylation sites (N-methyl/N-ethyl adjacent to an activating group) is 2. The Balaban J connectivity index is 1.28. The van der Waals surface area contributed by atoms with E-state index >= 15 is 0 Å². The predicted octanol–water partition coefficient (Wildman–Crippen LogP) is 7.00. The zero-order chi connectivity index (χ0) is 33.5. The lowest BCUT2D eigenvalue weighted by Crippen LogP contribution is -2.45. The molecule has 2 aromatic carbocycles. The molecular weight excluding hydrogens is 592 g/mol. The zero-order valence-electron chi connectivity index (χ0n) is 29.1. The van der Waals surface area contributed by atoms with Crippen LogP contribution in [0.15, 0.2) is 36.4 Å². The molecule has 1 unspecified atom stereocenters. The van der Waals surface area contributed by atoms with Gasteiger partial charge in [0.15, 0.2) is 0 Å². The fraction of sp³-hybridized carbons (Fsp3) is 0.579. The largest absolute Gasteiger partial charge is 0.491 e. The molecule has 1 aromatic heterocycles. The minimum absolute atomic E-state index is 0.0774. The van der Waals surface area contributed by atoms with Crippen LogP contribution >= 0.6 is 0 Å². The number of hydrogen-bond acceptors (Lipinski definition) is 6. The van der Waals surface area contributed by atoms with Crippen LogP contribution in [0.4, 0.5) is 4.79 Å². The maximum Gasteiger partial charge on any atom is 0.410 e. The van der Waals surface area contributed by atoms with Crippen molar-refractivity contribution in [3.8, 4) is 17.0 Å². The molecule has 0 spiro atoms. The van der Waals surface area contributed by atoms with Crippen molar-refractivity contribution in [1.82, 2.24) is 19.3 Å². The first kappa shape index (κ1) is 33.3. The molecule has 1 saturated heterocycles. The number of carboxylic acid groups (broad SMARTS) is 1. The normalized spacial score (nSPS) is 20.7. The van der Waals surface area contributed by atoms with Gasteiger partial charge in [0.25, 0.3) is 0 Å². The number of rotatable bonds is 7. The Kier molecular flexibility index (Phi) is 9.59. The lowest BCUT2D eigenvalue weighted by molar-refractivity contribution is 0.0227. The molecule has 2 aliphatic heterocycles. The van der Waals surface area contributed by atoms with E-state index < -0.39 is 11.6 Å². The van der Waals surface area contributed by atoms with E-state index in [0.29, 0.717) is 24.6 Å². The van der Waals surface area contributed by atoms with Crippen molar-refractivity contribution in [1.29, 1.82) is 0 Å². The van der Waals surface area contributed by atoms with E-state index in [-0.39, 0.29) is 18.2 Å². The monoisotopic (exact) mass is 644 g/mol. The lowest BCUT2D eigenvalue weighted by Gasteiger charge is -2.34. The van der Waals surface area contributed by atoms with Crippen molar-refractivity contribution in [3.05, 3.63) is 53.1 Å². The number of hydrogen-bond donors (Lipinski definition) is 1. The van der Waals surface area contributed by atoms with Crippen LogP contribution in [0.25, 0.3) is 22.2 Å². The average molecular weight is 645 g/mol. The van der Waals surface area contributed by atoms with Crippen molar-refractivity contribution in [2.45, 2.75) is 96.4 Å². The summed E-state index contributed by atoms with van der Waals surface area (Å²) < 4.78 is 14.7. The van der Waals surface area contributed by atoms with E-state index in [0.717, 1.165) is 62.3 Å². The fourth-order valence-corrected chi connectivity index (χ4v) is 7.85. The summed E-state index contributed by atoms with van der Waals surface area (Å²) in [5.41, 5.74) is 5.68. The van der Waals surface area contributed by atoms with Crippen LogP contribution in [0.1, 0.15) is 86.7 Å². The third-order valence-corrected chi connectivity index (χ3v) is 10.5. The minimum Gasteiger partial charge on any atom is -0.491 e. The van der Waals surface area contributed by atoms with Crippen molar-refractivity contribution >= 4 is 23.0 Å². The summed E-state index contributed by atoms with van der Waals surface area (Å²) in [5.74, 6) is 0.431. The van der Waals surface area contributed by atoms with Crippen molar-refractivity contribution < 1.29 is 24.2 Å². The lowest BCUT2D eigenvalue weighted by atomic mass is 9.81. The molecule has 9 heteroatoms. The summed E-state index contributed by atoms with van der Waals surface area (Å²) in [6, 6.07) is 12.2. The Hall–Kier alpha value is -3.56. The molecule has 6 rings (SSSR count). The van der Waals surface area contributed by atoms with Gasteiger partial charge in [-0.3, -0.25) is 9.80 Å². The van der Waals surface area contributed by atoms with E-state index in [9.17, 15) is 14.7 Å². The highest BCUT2D eigenvalue weighted by Gasteiger charge is 2.34. The van der Waals surface area contributed by atoms with Gasteiger partial charge in [0.1, 0.15) is 18.0 Å². The number of likely N-dealkylation sites (tertiary alicyclic amines) is 1. The van der Waals surface area contributed by atoms with Gasteiger partial charge in [-0.05, 0) is 89.2 Å². The summed E-state index contributed by atoms with van der Waals surface area (Å²) in [7, 11) is 4.01. The van der Waals surface area contributed by atoms with Gasteiger partial charge in [0, 0.05) is 62.3 Å². The van der Waals surface area contributed by atoms with E-state index in [1.165, 1.54) is 41.5 Å². The van der Waals surface area contributed by atoms with Gasteiger partial charge in [-0.15, -0.1) is 0 Å². The zero-order valence-corrected chi connectivity index (χ0v) is 29.1. The molecule has 254 valence electrons. The molecule has 2 atom stereocenters. The van der Waals surface area contributed by atoms with Crippen LogP contribution < -0.4 is 4.74 Å².